The molecule has 7 heteroatoms. The van der Waals surface area contributed by atoms with Gasteiger partial charge < -0.3 is 20.4 Å². The largest absolute Gasteiger partial charge is 0.480 e. The van der Waals surface area contributed by atoms with Crippen molar-refractivity contribution in [3.05, 3.63) is 0 Å². The van der Waals surface area contributed by atoms with E-state index in [1.165, 1.54) is 0 Å². The molecule has 0 aliphatic heterocycles. The van der Waals surface area contributed by atoms with Gasteiger partial charge in [0.1, 0.15) is 13.1 Å². The molecule has 108 valence electrons. The maximum Gasteiger partial charge on any atom is 0.323 e. The molecule has 1 fully saturated rings. The van der Waals surface area contributed by atoms with Crippen molar-refractivity contribution in [3.63, 3.8) is 0 Å². The van der Waals surface area contributed by atoms with E-state index >= 15 is 0 Å². The van der Waals surface area contributed by atoms with Gasteiger partial charge in [-0.15, -0.1) is 0 Å². The summed E-state index contributed by atoms with van der Waals surface area (Å²) in [5.74, 6) is -2.13. The molecule has 1 saturated carbocycles. The van der Waals surface area contributed by atoms with E-state index in [1.807, 2.05) is 6.92 Å². The third-order valence-electron chi connectivity index (χ3n) is 3.36. The van der Waals surface area contributed by atoms with Crippen LogP contribution in [0.25, 0.3) is 0 Å². The summed E-state index contributed by atoms with van der Waals surface area (Å²) in [6, 6.07) is -0.630. The minimum absolute atomic E-state index is 0.00802. The highest BCUT2D eigenvalue weighted by molar-refractivity contribution is 5.84. The molecule has 19 heavy (non-hydrogen) atoms. The number of carboxylic acids is 2. The Balaban J connectivity index is 2.59. The summed E-state index contributed by atoms with van der Waals surface area (Å²) in [5.41, 5.74) is 0. The number of nitrogens with one attached hydrogen (secondary N) is 1. The molecule has 2 atom stereocenters. The zero-order valence-electron chi connectivity index (χ0n) is 11.0. The van der Waals surface area contributed by atoms with Gasteiger partial charge in [-0.05, 0) is 18.8 Å². The molecule has 0 aromatic carbocycles. The molecule has 1 aliphatic rings. The lowest BCUT2D eigenvalue weighted by Gasteiger charge is -2.31. The van der Waals surface area contributed by atoms with Crippen LogP contribution in [-0.4, -0.2) is 52.2 Å². The molecule has 1 aliphatic carbocycles. The number of hydrogen-bond acceptors (Lipinski definition) is 3. The van der Waals surface area contributed by atoms with E-state index in [2.05, 4.69) is 5.32 Å². The Kier molecular flexibility index (Phi) is 5.59. The van der Waals surface area contributed by atoms with Crippen LogP contribution < -0.4 is 5.32 Å². The van der Waals surface area contributed by atoms with Crippen LogP contribution in [0.15, 0.2) is 0 Å². The minimum Gasteiger partial charge on any atom is -0.480 e. The highest BCUT2D eigenvalue weighted by atomic mass is 16.4. The molecule has 0 bridgehead atoms. The average Bonchev–Trinajstić information content (AvgIpc) is 2.30. The van der Waals surface area contributed by atoms with Gasteiger partial charge in [-0.1, -0.05) is 19.8 Å². The fraction of sp³-hybridized carbons (Fsp3) is 0.750. The quantitative estimate of drug-likeness (QED) is 0.684. The van der Waals surface area contributed by atoms with Gasteiger partial charge in [0.2, 0.25) is 0 Å². The number of carbonyl (C=O) groups is 3. The first kappa shape index (κ1) is 15.3. The second-order valence-electron chi connectivity index (χ2n) is 4.96. The summed E-state index contributed by atoms with van der Waals surface area (Å²) in [6.45, 7) is 0.807. The second kappa shape index (κ2) is 6.96. The van der Waals surface area contributed by atoms with Gasteiger partial charge in [0.05, 0.1) is 0 Å². The van der Waals surface area contributed by atoms with E-state index < -0.39 is 31.1 Å². The first-order chi connectivity index (χ1) is 8.90. The van der Waals surface area contributed by atoms with Crippen LogP contribution in [0.2, 0.25) is 0 Å². The molecular formula is C12H20N2O5. The molecule has 1 rings (SSSR count). The van der Waals surface area contributed by atoms with Crippen molar-refractivity contribution < 1.29 is 24.6 Å². The van der Waals surface area contributed by atoms with Crippen molar-refractivity contribution in [2.45, 2.75) is 38.6 Å². The number of urea groups is 1. The Morgan fingerprint density at radius 3 is 2.11 bits per heavy atom. The SMILES string of the molecule is CC1CCCCC1NC(=O)N(CC(=O)O)CC(=O)O. The highest BCUT2D eigenvalue weighted by Crippen LogP contribution is 2.23. The Labute approximate surface area is 111 Å². The zero-order valence-corrected chi connectivity index (χ0v) is 11.0. The van der Waals surface area contributed by atoms with E-state index in [-0.39, 0.29) is 6.04 Å². The van der Waals surface area contributed by atoms with Gasteiger partial charge in [0.15, 0.2) is 0 Å². The van der Waals surface area contributed by atoms with Crippen LogP contribution in [0.4, 0.5) is 4.79 Å². The third kappa shape index (κ3) is 5.15. The molecule has 7 nitrogen and oxygen atoms in total. The monoisotopic (exact) mass is 272 g/mol. The Hall–Kier alpha value is -1.79. The summed E-state index contributed by atoms with van der Waals surface area (Å²) in [4.78, 5) is 34.0. The first-order valence-electron chi connectivity index (χ1n) is 6.39. The van der Waals surface area contributed by atoms with E-state index in [0.717, 1.165) is 30.6 Å². The molecule has 0 saturated heterocycles. The summed E-state index contributed by atoms with van der Waals surface area (Å²) >= 11 is 0. The molecular weight excluding hydrogens is 252 g/mol. The summed E-state index contributed by atoms with van der Waals surface area (Å²) in [7, 11) is 0. The van der Waals surface area contributed by atoms with Crippen LogP contribution in [0, 0.1) is 5.92 Å². The van der Waals surface area contributed by atoms with Crippen molar-refractivity contribution in [1.29, 1.82) is 0 Å². The molecule has 3 N–H and O–H groups in total. The zero-order chi connectivity index (χ0) is 14.4. The number of rotatable bonds is 5. The normalized spacial score (nSPS) is 22.6. The van der Waals surface area contributed by atoms with Gasteiger partial charge in [0, 0.05) is 6.04 Å². The lowest BCUT2D eigenvalue weighted by Crippen LogP contribution is -2.50. The predicted octanol–water partition coefficient (Wildman–Crippen LogP) is 0.746. The molecule has 2 amide bonds. The molecule has 0 spiro atoms. The van der Waals surface area contributed by atoms with Crippen LogP contribution in [0.5, 0.6) is 0 Å². The van der Waals surface area contributed by atoms with Gasteiger partial charge in [-0.25, -0.2) is 4.79 Å². The fourth-order valence-corrected chi connectivity index (χ4v) is 2.31. The van der Waals surface area contributed by atoms with Crippen LogP contribution in [0.1, 0.15) is 32.6 Å². The standard InChI is InChI=1S/C12H20N2O5/c1-8-4-2-3-5-9(8)13-12(19)14(6-10(15)16)7-11(17)18/h8-9H,2-7H2,1H3,(H,13,19)(H,15,16)(H,17,18). The third-order valence-corrected chi connectivity index (χ3v) is 3.36. The Bertz CT molecular complexity index is 342. The fourth-order valence-electron chi connectivity index (χ4n) is 2.31. The number of amides is 2. The van der Waals surface area contributed by atoms with Crippen LogP contribution in [-0.2, 0) is 9.59 Å². The number of hydrogen-bond donors (Lipinski definition) is 3. The van der Waals surface area contributed by atoms with Crippen molar-refractivity contribution in [3.8, 4) is 0 Å². The lowest BCUT2D eigenvalue weighted by atomic mass is 9.86. The van der Waals surface area contributed by atoms with E-state index in [0.29, 0.717) is 5.92 Å². The molecule has 2 unspecified atom stereocenters. The minimum atomic E-state index is -1.23. The van der Waals surface area contributed by atoms with Crippen molar-refractivity contribution in [2.75, 3.05) is 13.1 Å². The van der Waals surface area contributed by atoms with Crippen LogP contribution >= 0.6 is 0 Å². The lowest BCUT2D eigenvalue weighted by molar-refractivity contribution is -0.140. The average molecular weight is 272 g/mol. The van der Waals surface area contributed by atoms with E-state index in [1.54, 1.807) is 0 Å². The summed E-state index contributed by atoms with van der Waals surface area (Å²) in [5, 5.41) is 20.1. The first-order valence-corrected chi connectivity index (χ1v) is 6.39. The maximum absolute atomic E-state index is 11.9. The maximum atomic E-state index is 11.9. The summed E-state index contributed by atoms with van der Waals surface area (Å²) in [6.07, 6.45) is 4.01. The number of nitrogens with zero attached hydrogens (tertiary/aromatic N) is 1. The Morgan fingerprint density at radius 2 is 1.63 bits per heavy atom. The number of carbonyl (C=O) groups excluding carboxylic acids is 1. The van der Waals surface area contributed by atoms with Gasteiger partial charge in [-0.3, -0.25) is 9.59 Å². The van der Waals surface area contributed by atoms with Gasteiger partial charge >= 0.3 is 18.0 Å². The molecule has 0 aromatic rings. The predicted molar refractivity (Wildman–Crippen MR) is 66.8 cm³/mol. The smallest absolute Gasteiger partial charge is 0.323 e. The number of aliphatic carboxylic acids is 2. The van der Waals surface area contributed by atoms with Crippen LogP contribution in [0.3, 0.4) is 0 Å². The molecule has 0 heterocycles. The van der Waals surface area contributed by atoms with Crippen molar-refractivity contribution in [2.24, 2.45) is 5.92 Å². The van der Waals surface area contributed by atoms with Gasteiger partial charge in [-0.2, -0.15) is 0 Å². The Morgan fingerprint density at radius 1 is 1.11 bits per heavy atom. The topological polar surface area (TPSA) is 107 Å². The number of carboxylic acid groups (broad SMARTS) is 2. The van der Waals surface area contributed by atoms with Gasteiger partial charge in [0.25, 0.3) is 0 Å². The summed E-state index contributed by atoms with van der Waals surface area (Å²) < 4.78 is 0. The van der Waals surface area contributed by atoms with Crippen molar-refractivity contribution >= 4 is 18.0 Å². The molecule has 0 radical (unpaired) electrons. The second-order valence-corrected chi connectivity index (χ2v) is 4.96. The van der Waals surface area contributed by atoms with Crippen molar-refractivity contribution in [1.82, 2.24) is 10.2 Å². The van der Waals surface area contributed by atoms with E-state index in [9.17, 15) is 14.4 Å². The van der Waals surface area contributed by atoms with E-state index in [4.69, 9.17) is 10.2 Å². The highest BCUT2D eigenvalue weighted by Gasteiger charge is 2.26. The molecule has 0 aromatic heterocycles.